The summed E-state index contributed by atoms with van der Waals surface area (Å²) in [7, 11) is 0. The van der Waals surface area contributed by atoms with Crippen molar-refractivity contribution in [3.05, 3.63) is 71.3 Å². The second kappa shape index (κ2) is 8.71. The third-order valence-electron chi connectivity index (χ3n) is 5.51. The van der Waals surface area contributed by atoms with Gasteiger partial charge < -0.3 is 9.80 Å². The maximum absolute atomic E-state index is 12.8. The van der Waals surface area contributed by atoms with Crippen LogP contribution in [0.15, 0.2) is 60.7 Å². The highest BCUT2D eigenvalue weighted by atomic mass is 35.5. The zero-order valence-electron chi connectivity index (χ0n) is 16.4. The van der Waals surface area contributed by atoms with Gasteiger partial charge in [-0.1, -0.05) is 41.9 Å². The summed E-state index contributed by atoms with van der Waals surface area (Å²) in [6.07, 6.45) is 4.64. The van der Waals surface area contributed by atoms with Crippen LogP contribution in [0, 0.1) is 0 Å². The Labute approximate surface area is 180 Å². The first-order valence-electron chi connectivity index (χ1n) is 9.94. The Bertz CT molecular complexity index is 967. The van der Waals surface area contributed by atoms with Crippen molar-refractivity contribution in [1.29, 1.82) is 0 Å². The predicted molar refractivity (Wildman–Crippen MR) is 116 cm³/mol. The van der Waals surface area contributed by atoms with Crippen molar-refractivity contribution in [3.8, 4) is 0 Å². The van der Waals surface area contributed by atoms with Crippen LogP contribution >= 0.6 is 11.6 Å². The number of likely N-dealkylation sites (tertiary alicyclic amines) is 1. The van der Waals surface area contributed by atoms with Crippen molar-refractivity contribution in [1.82, 2.24) is 9.80 Å². The van der Waals surface area contributed by atoms with Crippen LogP contribution < -0.4 is 4.90 Å². The average molecular weight is 424 g/mol. The molecule has 0 aromatic heterocycles. The van der Waals surface area contributed by atoms with E-state index in [1.807, 2.05) is 18.2 Å². The molecule has 2 aromatic carbocycles. The molecule has 0 unspecified atom stereocenters. The van der Waals surface area contributed by atoms with Gasteiger partial charge >= 0.3 is 6.03 Å². The summed E-state index contributed by atoms with van der Waals surface area (Å²) in [5, 5.41) is 0.654. The first-order chi connectivity index (χ1) is 14.5. The van der Waals surface area contributed by atoms with Crippen molar-refractivity contribution < 1.29 is 14.4 Å². The molecule has 2 heterocycles. The third kappa shape index (κ3) is 4.24. The molecule has 0 radical (unpaired) electrons. The molecule has 0 N–H and O–H groups in total. The highest BCUT2D eigenvalue weighted by Crippen LogP contribution is 2.26. The number of hydrogen-bond acceptors (Lipinski definition) is 3. The van der Waals surface area contributed by atoms with E-state index >= 15 is 0 Å². The minimum absolute atomic E-state index is 0.0422. The SMILES string of the molecule is O=C(/C=C/c1ccc(Cl)cc1)N1CCC(N2CC(=O)N(c3ccccc3)C2=O)CC1. The first-order valence-corrected chi connectivity index (χ1v) is 10.3. The lowest BCUT2D eigenvalue weighted by atomic mass is 10.0. The number of para-hydroxylation sites is 1. The van der Waals surface area contributed by atoms with Crippen molar-refractivity contribution >= 4 is 41.2 Å². The molecule has 2 saturated heterocycles. The van der Waals surface area contributed by atoms with Crippen LogP contribution in [-0.4, -0.2) is 53.3 Å². The molecule has 0 saturated carbocycles. The van der Waals surface area contributed by atoms with Gasteiger partial charge in [-0.2, -0.15) is 0 Å². The number of benzene rings is 2. The summed E-state index contributed by atoms with van der Waals surface area (Å²) in [5.74, 6) is -0.270. The summed E-state index contributed by atoms with van der Waals surface area (Å²) < 4.78 is 0. The first kappa shape index (κ1) is 20.2. The lowest BCUT2D eigenvalue weighted by molar-refractivity contribution is -0.127. The minimum atomic E-state index is -0.279. The predicted octanol–water partition coefficient (Wildman–Crippen LogP) is 3.81. The van der Waals surface area contributed by atoms with Crippen molar-refractivity contribution in [3.63, 3.8) is 0 Å². The van der Waals surface area contributed by atoms with Gasteiger partial charge in [-0.25, -0.2) is 9.69 Å². The van der Waals surface area contributed by atoms with Gasteiger partial charge in [0, 0.05) is 30.2 Å². The molecule has 7 heteroatoms. The number of nitrogens with zero attached hydrogens (tertiary/aromatic N) is 3. The summed E-state index contributed by atoms with van der Waals surface area (Å²) in [5.41, 5.74) is 1.50. The van der Waals surface area contributed by atoms with Crippen LogP contribution in [0.3, 0.4) is 0 Å². The standard InChI is InChI=1S/C23H22ClN3O3/c24-18-9-6-17(7-10-18)8-11-21(28)25-14-12-19(13-15-25)26-16-22(29)27(23(26)30)20-4-2-1-3-5-20/h1-11,19H,12-16H2/b11-8+. The number of halogens is 1. The minimum Gasteiger partial charge on any atom is -0.339 e. The quantitative estimate of drug-likeness (QED) is 0.555. The van der Waals surface area contributed by atoms with E-state index in [-0.39, 0.29) is 30.4 Å². The van der Waals surface area contributed by atoms with E-state index in [1.165, 1.54) is 4.90 Å². The lowest BCUT2D eigenvalue weighted by Crippen LogP contribution is -2.47. The van der Waals surface area contributed by atoms with E-state index in [9.17, 15) is 14.4 Å². The molecule has 2 aromatic rings. The number of urea groups is 1. The lowest BCUT2D eigenvalue weighted by Gasteiger charge is -2.35. The summed E-state index contributed by atoms with van der Waals surface area (Å²) in [6, 6.07) is 15.9. The number of piperidine rings is 1. The Balaban J connectivity index is 1.34. The Morgan fingerprint density at radius 1 is 0.967 bits per heavy atom. The number of rotatable bonds is 4. The smallest absolute Gasteiger partial charge is 0.332 e. The van der Waals surface area contributed by atoms with E-state index in [2.05, 4.69) is 0 Å². The molecule has 2 aliphatic heterocycles. The molecule has 6 nitrogen and oxygen atoms in total. The maximum atomic E-state index is 12.8. The topological polar surface area (TPSA) is 60.9 Å². The Morgan fingerprint density at radius 3 is 2.30 bits per heavy atom. The van der Waals surface area contributed by atoms with E-state index in [1.54, 1.807) is 58.4 Å². The fraction of sp³-hybridized carbons (Fsp3) is 0.261. The van der Waals surface area contributed by atoms with E-state index in [4.69, 9.17) is 11.6 Å². The van der Waals surface area contributed by atoms with Gasteiger partial charge in [-0.3, -0.25) is 9.59 Å². The Kier molecular flexibility index (Phi) is 5.86. The normalized spacial score (nSPS) is 18.0. The van der Waals surface area contributed by atoms with Gasteiger partial charge in [0.1, 0.15) is 6.54 Å². The van der Waals surface area contributed by atoms with Crippen LogP contribution in [0.5, 0.6) is 0 Å². The Hall–Kier alpha value is -3.12. The van der Waals surface area contributed by atoms with Gasteiger partial charge in [0.05, 0.1) is 5.69 Å². The van der Waals surface area contributed by atoms with Gasteiger partial charge in [0.2, 0.25) is 5.91 Å². The van der Waals surface area contributed by atoms with E-state index in [0.717, 1.165) is 5.56 Å². The molecular formula is C23H22ClN3O3. The van der Waals surface area contributed by atoms with Crippen molar-refractivity contribution in [2.24, 2.45) is 0 Å². The maximum Gasteiger partial charge on any atom is 0.332 e. The van der Waals surface area contributed by atoms with Gasteiger partial charge in [0.15, 0.2) is 0 Å². The van der Waals surface area contributed by atoms with Crippen LogP contribution in [0.1, 0.15) is 18.4 Å². The molecule has 0 atom stereocenters. The Morgan fingerprint density at radius 2 is 1.63 bits per heavy atom. The molecule has 2 fully saturated rings. The fourth-order valence-electron chi connectivity index (χ4n) is 3.88. The van der Waals surface area contributed by atoms with E-state index < -0.39 is 0 Å². The van der Waals surface area contributed by atoms with E-state index in [0.29, 0.717) is 36.6 Å². The zero-order valence-corrected chi connectivity index (χ0v) is 17.2. The number of hydrogen-bond donors (Lipinski definition) is 0. The highest BCUT2D eigenvalue weighted by molar-refractivity contribution is 6.30. The van der Waals surface area contributed by atoms with Crippen LogP contribution in [0.4, 0.5) is 10.5 Å². The van der Waals surface area contributed by atoms with Gasteiger partial charge in [0.25, 0.3) is 5.91 Å². The zero-order chi connectivity index (χ0) is 21.1. The summed E-state index contributed by atoms with van der Waals surface area (Å²) in [6.45, 7) is 1.19. The molecule has 154 valence electrons. The number of anilines is 1. The summed E-state index contributed by atoms with van der Waals surface area (Å²) in [4.78, 5) is 42.4. The molecule has 2 aliphatic rings. The molecule has 0 bridgehead atoms. The molecular weight excluding hydrogens is 402 g/mol. The van der Waals surface area contributed by atoms with Crippen molar-refractivity contribution in [2.45, 2.75) is 18.9 Å². The van der Waals surface area contributed by atoms with Crippen LogP contribution in [0.25, 0.3) is 6.08 Å². The van der Waals surface area contributed by atoms with Crippen LogP contribution in [-0.2, 0) is 9.59 Å². The number of imide groups is 1. The number of carbonyl (C=O) groups excluding carboxylic acids is 3. The van der Waals surface area contributed by atoms with Gasteiger partial charge in [-0.05, 0) is 48.7 Å². The van der Waals surface area contributed by atoms with Crippen LogP contribution in [0.2, 0.25) is 5.02 Å². The molecule has 30 heavy (non-hydrogen) atoms. The molecule has 0 aliphatic carbocycles. The third-order valence-corrected chi connectivity index (χ3v) is 5.76. The molecule has 4 amide bonds. The average Bonchev–Trinajstić information content (AvgIpc) is 3.07. The molecule has 4 rings (SSSR count). The highest BCUT2D eigenvalue weighted by Gasteiger charge is 2.41. The monoisotopic (exact) mass is 423 g/mol. The number of amides is 4. The second-order valence-corrected chi connectivity index (χ2v) is 7.85. The molecule has 0 spiro atoms. The van der Waals surface area contributed by atoms with Gasteiger partial charge in [-0.15, -0.1) is 0 Å². The fourth-order valence-corrected chi connectivity index (χ4v) is 4.01. The summed E-state index contributed by atoms with van der Waals surface area (Å²) >= 11 is 5.88. The number of carbonyl (C=O) groups is 3. The van der Waals surface area contributed by atoms with Crippen molar-refractivity contribution in [2.75, 3.05) is 24.5 Å². The second-order valence-electron chi connectivity index (χ2n) is 7.42. The largest absolute Gasteiger partial charge is 0.339 e.